The minimum atomic E-state index is -0.603. The van der Waals surface area contributed by atoms with E-state index in [2.05, 4.69) is 15.3 Å². The van der Waals surface area contributed by atoms with Crippen molar-refractivity contribution in [2.45, 2.75) is 6.42 Å². The zero-order chi connectivity index (χ0) is 14.5. The standard InChI is InChI=1S/C12H12N6O2/c1-17-7-6-14-10(17)3-5-16-12-11(18(19)20)9(8-13)2-4-15-12/h2,4,6-7H,3,5H2,1H3,(H,15,16). The number of nitriles is 1. The van der Waals surface area contributed by atoms with E-state index < -0.39 is 4.92 Å². The van der Waals surface area contributed by atoms with Gasteiger partial charge in [0.2, 0.25) is 5.82 Å². The predicted octanol–water partition coefficient (Wildman–Crippen LogP) is 1.25. The van der Waals surface area contributed by atoms with Gasteiger partial charge in [-0.1, -0.05) is 0 Å². The summed E-state index contributed by atoms with van der Waals surface area (Å²) in [4.78, 5) is 18.5. The third-order valence-electron chi connectivity index (χ3n) is 2.79. The molecule has 102 valence electrons. The summed E-state index contributed by atoms with van der Waals surface area (Å²) < 4.78 is 1.87. The van der Waals surface area contributed by atoms with Gasteiger partial charge in [-0.15, -0.1) is 0 Å². The molecule has 2 aromatic heterocycles. The van der Waals surface area contributed by atoms with Crippen molar-refractivity contribution in [2.75, 3.05) is 11.9 Å². The molecule has 0 radical (unpaired) electrons. The van der Waals surface area contributed by atoms with Crippen LogP contribution >= 0.6 is 0 Å². The highest BCUT2D eigenvalue weighted by molar-refractivity contribution is 5.63. The zero-order valence-electron chi connectivity index (χ0n) is 10.8. The number of nitrogens with one attached hydrogen (secondary N) is 1. The van der Waals surface area contributed by atoms with Crippen molar-refractivity contribution in [3.63, 3.8) is 0 Å². The van der Waals surface area contributed by atoms with Crippen molar-refractivity contribution in [1.29, 1.82) is 5.26 Å². The number of hydrogen-bond acceptors (Lipinski definition) is 6. The number of imidazole rings is 1. The Morgan fingerprint density at radius 1 is 1.50 bits per heavy atom. The predicted molar refractivity (Wildman–Crippen MR) is 71.0 cm³/mol. The number of rotatable bonds is 5. The monoisotopic (exact) mass is 272 g/mol. The topological polar surface area (TPSA) is 110 Å². The van der Waals surface area contributed by atoms with Crippen molar-refractivity contribution in [1.82, 2.24) is 14.5 Å². The maximum absolute atomic E-state index is 11.0. The number of nitrogens with zero attached hydrogens (tertiary/aromatic N) is 5. The summed E-state index contributed by atoms with van der Waals surface area (Å²) in [5, 5.41) is 22.8. The van der Waals surface area contributed by atoms with Crippen molar-refractivity contribution in [3.8, 4) is 6.07 Å². The number of aromatic nitrogens is 3. The van der Waals surface area contributed by atoms with Crippen molar-refractivity contribution in [2.24, 2.45) is 7.05 Å². The molecule has 0 aliphatic rings. The minimum Gasteiger partial charge on any atom is -0.364 e. The number of anilines is 1. The number of nitro groups is 1. The largest absolute Gasteiger partial charge is 0.364 e. The fourth-order valence-electron chi connectivity index (χ4n) is 1.79. The molecule has 0 saturated heterocycles. The molecular weight excluding hydrogens is 260 g/mol. The lowest BCUT2D eigenvalue weighted by molar-refractivity contribution is -0.384. The van der Waals surface area contributed by atoms with E-state index in [4.69, 9.17) is 5.26 Å². The van der Waals surface area contributed by atoms with Gasteiger partial charge >= 0.3 is 5.69 Å². The summed E-state index contributed by atoms with van der Waals surface area (Å²) in [6, 6.07) is 3.11. The molecule has 1 N–H and O–H groups in total. The van der Waals surface area contributed by atoms with Crippen LogP contribution in [0.3, 0.4) is 0 Å². The smallest absolute Gasteiger partial charge is 0.328 e. The molecule has 0 atom stereocenters. The molecule has 8 heteroatoms. The maximum Gasteiger partial charge on any atom is 0.328 e. The molecule has 2 heterocycles. The Morgan fingerprint density at radius 3 is 2.90 bits per heavy atom. The normalized spacial score (nSPS) is 10.0. The fraction of sp³-hybridized carbons (Fsp3) is 0.250. The van der Waals surface area contributed by atoms with Crippen LogP contribution in [0.5, 0.6) is 0 Å². The lowest BCUT2D eigenvalue weighted by Gasteiger charge is -2.06. The summed E-state index contributed by atoms with van der Waals surface area (Å²) in [5.74, 6) is 0.958. The third-order valence-corrected chi connectivity index (χ3v) is 2.79. The first-order chi connectivity index (χ1) is 9.63. The van der Waals surface area contributed by atoms with Crippen LogP contribution in [0.1, 0.15) is 11.4 Å². The van der Waals surface area contributed by atoms with Gasteiger partial charge in [0.05, 0.1) is 4.92 Å². The van der Waals surface area contributed by atoms with Crippen LogP contribution in [0.25, 0.3) is 0 Å². The van der Waals surface area contributed by atoms with Crippen LogP contribution in [0.4, 0.5) is 11.5 Å². The van der Waals surface area contributed by atoms with E-state index in [1.807, 2.05) is 17.8 Å². The number of aryl methyl sites for hydroxylation is 1. The summed E-state index contributed by atoms with van der Waals surface area (Å²) >= 11 is 0. The molecule has 8 nitrogen and oxygen atoms in total. The highest BCUT2D eigenvalue weighted by Gasteiger charge is 2.20. The van der Waals surface area contributed by atoms with Crippen LogP contribution < -0.4 is 5.32 Å². The second-order valence-electron chi connectivity index (χ2n) is 4.06. The van der Waals surface area contributed by atoms with Gasteiger partial charge in [-0.2, -0.15) is 5.26 Å². The first-order valence-electron chi connectivity index (χ1n) is 5.87. The molecule has 0 aliphatic heterocycles. The molecule has 0 unspecified atom stereocenters. The summed E-state index contributed by atoms with van der Waals surface area (Å²) in [6.45, 7) is 0.438. The van der Waals surface area contributed by atoms with Crippen molar-refractivity contribution >= 4 is 11.5 Å². The van der Waals surface area contributed by atoms with E-state index in [0.29, 0.717) is 13.0 Å². The second kappa shape index (κ2) is 5.79. The zero-order valence-corrected chi connectivity index (χ0v) is 10.8. The Bertz CT molecular complexity index is 673. The molecule has 0 saturated carbocycles. The quantitative estimate of drug-likeness (QED) is 0.648. The van der Waals surface area contributed by atoms with E-state index in [1.165, 1.54) is 12.3 Å². The van der Waals surface area contributed by atoms with Gasteiger partial charge in [-0.25, -0.2) is 9.97 Å². The Labute approximate surface area is 114 Å². The van der Waals surface area contributed by atoms with E-state index in [9.17, 15) is 10.1 Å². The van der Waals surface area contributed by atoms with Crippen LogP contribution in [-0.2, 0) is 13.5 Å². The summed E-state index contributed by atoms with van der Waals surface area (Å²) in [5.41, 5.74) is -0.306. The van der Waals surface area contributed by atoms with Crippen LogP contribution in [-0.4, -0.2) is 26.0 Å². The van der Waals surface area contributed by atoms with Gasteiger partial charge in [-0.3, -0.25) is 10.1 Å². The average molecular weight is 272 g/mol. The molecule has 0 aliphatic carbocycles. The number of pyridine rings is 1. The van der Waals surface area contributed by atoms with Gasteiger partial charge in [-0.05, 0) is 6.07 Å². The first kappa shape index (κ1) is 13.5. The van der Waals surface area contributed by atoms with Crippen LogP contribution in [0, 0.1) is 21.4 Å². The van der Waals surface area contributed by atoms with Gasteiger partial charge < -0.3 is 9.88 Å². The Morgan fingerprint density at radius 2 is 2.30 bits per heavy atom. The average Bonchev–Trinajstić information content (AvgIpc) is 2.84. The Kier molecular flexibility index (Phi) is 3.91. The molecule has 2 aromatic rings. The van der Waals surface area contributed by atoms with E-state index in [-0.39, 0.29) is 17.1 Å². The van der Waals surface area contributed by atoms with Gasteiger partial charge in [0.1, 0.15) is 17.5 Å². The molecule has 0 amide bonds. The Hall–Kier alpha value is -2.95. The maximum atomic E-state index is 11.0. The summed E-state index contributed by atoms with van der Waals surface area (Å²) in [7, 11) is 1.87. The highest BCUT2D eigenvalue weighted by Crippen LogP contribution is 2.25. The van der Waals surface area contributed by atoms with Crippen LogP contribution in [0.15, 0.2) is 24.7 Å². The number of hydrogen-bond donors (Lipinski definition) is 1. The lowest BCUT2D eigenvalue weighted by Crippen LogP contribution is -2.11. The van der Waals surface area contributed by atoms with Gasteiger partial charge in [0, 0.05) is 38.6 Å². The molecule has 20 heavy (non-hydrogen) atoms. The first-order valence-corrected chi connectivity index (χ1v) is 5.87. The Balaban J connectivity index is 2.12. The molecule has 0 spiro atoms. The van der Waals surface area contributed by atoms with Gasteiger partial charge in [0.15, 0.2) is 0 Å². The third kappa shape index (κ3) is 2.72. The van der Waals surface area contributed by atoms with E-state index in [1.54, 1.807) is 12.3 Å². The summed E-state index contributed by atoms with van der Waals surface area (Å²) in [6.07, 6.45) is 5.48. The minimum absolute atomic E-state index is 0.00973. The molecule has 0 bridgehead atoms. The van der Waals surface area contributed by atoms with Gasteiger partial charge in [0.25, 0.3) is 0 Å². The lowest BCUT2D eigenvalue weighted by atomic mass is 10.2. The highest BCUT2D eigenvalue weighted by atomic mass is 16.6. The van der Waals surface area contributed by atoms with E-state index >= 15 is 0 Å². The fourth-order valence-corrected chi connectivity index (χ4v) is 1.79. The molecular formula is C12H12N6O2. The molecule has 0 aromatic carbocycles. The van der Waals surface area contributed by atoms with Crippen molar-refractivity contribution < 1.29 is 4.92 Å². The second-order valence-corrected chi connectivity index (χ2v) is 4.06. The van der Waals surface area contributed by atoms with Crippen LogP contribution in [0.2, 0.25) is 0 Å². The van der Waals surface area contributed by atoms with E-state index in [0.717, 1.165) is 5.82 Å². The molecule has 2 rings (SSSR count). The molecule has 0 fully saturated rings. The SMILES string of the molecule is Cn1ccnc1CCNc1nccc(C#N)c1[N+](=O)[O-]. The van der Waals surface area contributed by atoms with Crippen molar-refractivity contribution in [3.05, 3.63) is 46.2 Å².